The van der Waals surface area contributed by atoms with Crippen LogP contribution in [0.4, 0.5) is 8.78 Å². The molecule has 1 aromatic carbocycles. The van der Waals surface area contributed by atoms with Crippen molar-refractivity contribution in [3.8, 4) is 0 Å². The van der Waals surface area contributed by atoms with Gasteiger partial charge in [-0.3, -0.25) is 9.59 Å². The van der Waals surface area contributed by atoms with Crippen LogP contribution in [-0.4, -0.2) is 29.7 Å². The van der Waals surface area contributed by atoms with Crippen molar-refractivity contribution in [1.29, 1.82) is 0 Å². The second-order valence-corrected chi connectivity index (χ2v) is 6.25. The number of dihydropyridines is 1. The Morgan fingerprint density at radius 2 is 2.15 bits per heavy atom. The minimum Gasteiger partial charge on any atom is -0.371 e. The molecule has 0 atom stereocenters. The Kier molecular flexibility index (Phi) is 5.63. The molecule has 0 bridgehead atoms. The maximum Gasteiger partial charge on any atom is 0.263 e. The number of benzene rings is 1. The Balaban J connectivity index is 1.56. The predicted molar refractivity (Wildman–Crippen MR) is 96.3 cm³/mol. The monoisotopic (exact) mass is 373 g/mol. The first-order chi connectivity index (χ1) is 12.9. The number of amides is 2. The van der Waals surface area contributed by atoms with Crippen LogP contribution in [0.25, 0.3) is 0 Å². The molecule has 0 saturated carbocycles. The van der Waals surface area contributed by atoms with Crippen LogP contribution in [0, 0.1) is 6.04 Å². The third-order valence-electron chi connectivity index (χ3n) is 4.20. The highest BCUT2D eigenvalue weighted by Crippen LogP contribution is 2.22. The number of rotatable bonds is 4. The third kappa shape index (κ3) is 4.78. The molecule has 0 unspecified atom stereocenters. The van der Waals surface area contributed by atoms with Gasteiger partial charge >= 0.3 is 0 Å². The van der Waals surface area contributed by atoms with Crippen LogP contribution >= 0.6 is 0 Å². The lowest BCUT2D eigenvalue weighted by molar-refractivity contribution is -0.130. The molecule has 1 radical (unpaired) electrons. The first-order valence-corrected chi connectivity index (χ1v) is 8.45. The molecule has 3 rings (SSSR count). The second-order valence-electron chi connectivity index (χ2n) is 6.25. The highest BCUT2D eigenvalue weighted by atomic mass is 19.3. The average molecular weight is 373 g/mol. The SMILES string of the molecule is CN1N=C(NC(=O)[C]2C=CC(Cc3cccc(C(F)F)c3)=CN2)CCC1=O. The van der Waals surface area contributed by atoms with E-state index in [0.717, 1.165) is 11.1 Å². The molecule has 8 heteroatoms. The van der Waals surface area contributed by atoms with Crippen molar-refractivity contribution in [3.05, 3.63) is 65.4 Å². The zero-order valence-electron chi connectivity index (χ0n) is 14.7. The van der Waals surface area contributed by atoms with E-state index in [1.807, 2.05) is 0 Å². The summed E-state index contributed by atoms with van der Waals surface area (Å²) in [5, 5.41) is 10.8. The Morgan fingerprint density at radius 1 is 1.33 bits per heavy atom. The van der Waals surface area contributed by atoms with Gasteiger partial charge in [-0.1, -0.05) is 24.3 Å². The summed E-state index contributed by atoms with van der Waals surface area (Å²) in [7, 11) is 1.54. The van der Waals surface area contributed by atoms with Crippen molar-refractivity contribution in [2.75, 3.05) is 7.05 Å². The van der Waals surface area contributed by atoms with Crippen LogP contribution in [0.5, 0.6) is 0 Å². The molecule has 1 aromatic rings. The molecule has 2 aliphatic heterocycles. The molecule has 27 heavy (non-hydrogen) atoms. The van der Waals surface area contributed by atoms with Gasteiger partial charge < -0.3 is 10.6 Å². The van der Waals surface area contributed by atoms with Gasteiger partial charge in [0.15, 0.2) is 6.04 Å². The third-order valence-corrected chi connectivity index (χ3v) is 4.20. The van der Waals surface area contributed by atoms with Crippen molar-refractivity contribution >= 4 is 17.6 Å². The summed E-state index contributed by atoms with van der Waals surface area (Å²) in [5.74, 6) is -0.0223. The number of halogens is 2. The summed E-state index contributed by atoms with van der Waals surface area (Å²) in [6.07, 6.45) is 3.71. The van der Waals surface area contributed by atoms with Crippen molar-refractivity contribution in [2.45, 2.75) is 25.7 Å². The smallest absolute Gasteiger partial charge is 0.263 e. The molecule has 2 N–H and O–H groups in total. The average Bonchev–Trinajstić information content (AvgIpc) is 2.65. The molecule has 6 nitrogen and oxygen atoms in total. The Morgan fingerprint density at radius 3 is 2.81 bits per heavy atom. The first-order valence-electron chi connectivity index (χ1n) is 8.45. The minimum absolute atomic E-state index is 0.0100. The van der Waals surface area contributed by atoms with Crippen molar-refractivity contribution in [2.24, 2.45) is 5.10 Å². The van der Waals surface area contributed by atoms with Crippen molar-refractivity contribution in [1.82, 2.24) is 15.6 Å². The Hall–Kier alpha value is -3.03. The lowest BCUT2D eigenvalue weighted by Gasteiger charge is -2.22. The van der Waals surface area contributed by atoms with E-state index in [1.54, 1.807) is 30.5 Å². The highest BCUT2D eigenvalue weighted by molar-refractivity contribution is 6.06. The van der Waals surface area contributed by atoms with Crippen LogP contribution in [0.3, 0.4) is 0 Å². The van der Waals surface area contributed by atoms with Gasteiger partial charge in [0.05, 0.1) is 0 Å². The predicted octanol–water partition coefficient (Wildman–Crippen LogP) is 2.42. The summed E-state index contributed by atoms with van der Waals surface area (Å²) in [6.45, 7) is 0. The number of nitrogens with zero attached hydrogens (tertiary/aromatic N) is 2. The quantitative estimate of drug-likeness (QED) is 0.851. The van der Waals surface area contributed by atoms with Gasteiger partial charge in [0, 0.05) is 31.7 Å². The summed E-state index contributed by atoms with van der Waals surface area (Å²) in [4.78, 5) is 23.7. The molecule has 2 amide bonds. The molecule has 0 aromatic heterocycles. The van der Waals surface area contributed by atoms with Gasteiger partial charge in [-0.2, -0.15) is 5.10 Å². The molecule has 2 heterocycles. The minimum atomic E-state index is -2.50. The number of allylic oxidation sites excluding steroid dienone is 2. The van der Waals surface area contributed by atoms with Gasteiger partial charge in [-0.05, 0) is 29.7 Å². The van der Waals surface area contributed by atoms with E-state index >= 15 is 0 Å². The number of carbonyl (C=O) groups excluding carboxylic acids is 2. The van der Waals surface area contributed by atoms with Gasteiger partial charge in [0.2, 0.25) is 5.91 Å². The standard InChI is InChI=1S/C19H19F2N4O2/c1-25-17(26)8-7-16(24-25)23-19(27)15-6-5-13(11-22-15)9-12-3-2-4-14(10-12)18(20)21/h2-6,10-11,18,22H,7-9H2,1H3,(H,23,24,27). The fourth-order valence-electron chi connectivity index (χ4n) is 2.74. The second kappa shape index (κ2) is 8.11. The zero-order valence-corrected chi connectivity index (χ0v) is 14.7. The van der Waals surface area contributed by atoms with Gasteiger partial charge in [-0.25, -0.2) is 13.8 Å². The number of nitrogens with one attached hydrogen (secondary N) is 2. The van der Waals surface area contributed by atoms with Gasteiger partial charge in [-0.15, -0.1) is 0 Å². The number of alkyl halides is 2. The van der Waals surface area contributed by atoms with Crippen molar-refractivity contribution in [3.63, 3.8) is 0 Å². The molecular weight excluding hydrogens is 354 g/mol. The fourth-order valence-corrected chi connectivity index (χ4v) is 2.74. The Bertz CT molecular complexity index is 833. The van der Waals surface area contributed by atoms with E-state index in [9.17, 15) is 18.4 Å². The van der Waals surface area contributed by atoms with E-state index < -0.39 is 6.43 Å². The fraction of sp³-hybridized carbons (Fsp3) is 0.263. The molecule has 0 fully saturated rings. The Labute approximate surface area is 155 Å². The molecule has 0 spiro atoms. The van der Waals surface area contributed by atoms with Crippen LogP contribution in [0.2, 0.25) is 0 Å². The summed E-state index contributed by atoms with van der Waals surface area (Å²) in [6, 6.07) is 6.60. The first kappa shape index (κ1) is 18.8. The van der Waals surface area contributed by atoms with Gasteiger partial charge in [0.1, 0.15) is 5.84 Å². The lowest BCUT2D eigenvalue weighted by atomic mass is 10.0. The number of carbonyl (C=O) groups is 2. The number of amidine groups is 1. The topological polar surface area (TPSA) is 73.8 Å². The van der Waals surface area contributed by atoms with Crippen molar-refractivity contribution < 1.29 is 18.4 Å². The summed E-state index contributed by atoms with van der Waals surface area (Å²) < 4.78 is 25.6. The van der Waals surface area contributed by atoms with Crippen LogP contribution in [0.1, 0.15) is 30.4 Å². The molecule has 0 aliphatic carbocycles. The van der Waals surface area contributed by atoms with E-state index in [0.29, 0.717) is 31.1 Å². The van der Waals surface area contributed by atoms with Crippen LogP contribution in [-0.2, 0) is 16.0 Å². The van der Waals surface area contributed by atoms with E-state index in [-0.39, 0.29) is 17.4 Å². The molecular formula is C19H19F2N4O2. The van der Waals surface area contributed by atoms with Crippen LogP contribution in [0.15, 0.2) is 53.3 Å². The maximum absolute atomic E-state index is 12.8. The number of hydrazone groups is 1. The largest absolute Gasteiger partial charge is 0.371 e. The van der Waals surface area contributed by atoms with E-state index in [2.05, 4.69) is 15.7 Å². The van der Waals surface area contributed by atoms with Gasteiger partial charge in [0.25, 0.3) is 12.3 Å². The zero-order chi connectivity index (χ0) is 19.4. The number of hydrogen-bond acceptors (Lipinski definition) is 4. The maximum atomic E-state index is 12.8. The summed E-state index contributed by atoms with van der Waals surface area (Å²) in [5.41, 5.74) is 1.62. The number of hydrogen-bond donors (Lipinski definition) is 2. The molecule has 2 aliphatic rings. The highest BCUT2D eigenvalue weighted by Gasteiger charge is 2.23. The van der Waals surface area contributed by atoms with E-state index in [1.165, 1.54) is 24.2 Å². The molecule has 0 saturated heterocycles. The lowest BCUT2D eigenvalue weighted by Crippen LogP contribution is -2.42. The summed E-state index contributed by atoms with van der Waals surface area (Å²) >= 11 is 0. The van der Waals surface area contributed by atoms with Crippen LogP contribution < -0.4 is 10.6 Å². The molecule has 141 valence electrons. The normalized spacial score (nSPS) is 17.5. The van der Waals surface area contributed by atoms with E-state index in [4.69, 9.17) is 0 Å².